The number of aromatic nitrogens is 1. The van der Waals surface area contributed by atoms with E-state index in [1.165, 1.54) is 0 Å². The Bertz CT molecular complexity index is 416. The monoisotopic (exact) mass is 299 g/mol. The molecule has 0 spiro atoms. The van der Waals surface area contributed by atoms with Crippen molar-refractivity contribution >= 4 is 27.4 Å². The molecule has 0 aromatic carbocycles. The minimum atomic E-state index is -0.210. The van der Waals surface area contributed by atoms with E-state index in [-0.39, 0.29) is 12.1 Å². The minimum Gasteiger partial charge on any atom is -0.397 e. The van der Waals surface area contributed by atoms with Crippen molar-refractivity contribution in [2.24, 2.45) is 0 Å². The van der Waals surface area contributed by atoms with Gasteiger partial charge in [0.25, 0.3) is 0 Å². The molecule has 2 rings (SSSR count). The fourth-order valence-corrected chi connectivity index (χ4v) is 2.74. The number of rotatable bonds is 3. The van der Waals surface area contributed by atoms with E-state index in [1.54, 1.807) is 6.20 Å². The van der Waals surface area contributed by atoms with Crippen LogP contribution in [-0.2, 0) is 0 Å². The predicted molar refractivity (Wildman–Crippen MR) is 73.0 cm³/mol. The van der Waals surface area contributed by atoms with Gasteiger partial charge in [0.2, 0.25) is 0 Å². The molecule has 0 unspecified atom stereocenters. The molecule has 1 fully saturated rings. The van der Waals surface area contributed by atoms with Gasteiger partial charge in [-0.15, -0.1) is 0 Å². The maximum atomic E-state index is 9.56. The lowest BCUT2D eigenvalue weighted by molar-refractivity contribution is 0.213. The molecule has 4 nitrogen and oxygen atoms in total. The number of halogens is 1. The molecule has 1 aliphatic carbocycles. The summed E-state index contributed by atoms with van der Waals surface area (Å²) in [4.78, 5) is 4.30. The number of hydrogen-bond donors (Lipinski definition) is 3. The van der Waals surface area contributed by atoms with Gasteiger partial charge in [-0.2, -0.15) is 0 Å². The molecule has 0 radical (unpaired) electrons. The molecule has 0 amide bonds. The molecule has 1 aromatic rings. The second-order valence-corrected chi connectivity index (χ2v) is 5.56. The number of aliphatic hydroxyl groups excluding tert-OH is 1. The van der Waals surface area contributed by atoms with Crippen molar-refractivity contribution in [3.05, 3.63) is 16.2 Å². The van der Waals surface area contributed by atoms with Crippen molar-refractivity contribution in [3.63, 3.8) is 0 Å². The molecular formula is C12H18BrN3O. The van der Waals surface area contributed by atoms with Crippen molar-refractivity contribution in [2.45, 2.75) is 38.1 Å². The first-order valence-corrected chi connectivity index (χ1v) is 6.67. The Kier molecular flexibility index (Phi) is 3.58. The zero-order valence-electron chi connectivity index (χ0n) is 9.96. The third kappa shape index (κ3) is 2.40. The van der Waals surface area contributed by atoms with Gasteiger partial charge in [-0.05, 0) is 41.3 Å². The van der Waals surface area contributed by atoms with Gasteiger partial charge >= 0.3 is 0 Å². The van der Waals surface area contributed by atoms with Crippen LogP contribution in [0.15, 0.2) is 10.7 Å². The predicted octanol–water partition coefficient (Wildman–Crippen LogP) is 2.45. The minimum absolute atomic E-state index is 0.143. The number of nitrogen functional groups attached to an aromatic ring is 1. The van der Waals surface area contributed by atoms with Crippen molar-refractivity contribution in [1.82, 2.24) is 4.98 Å². The summed E-state index contributed by atoms with van der Waals surface area (Å²) in [6, 6.07) is 0. The molecule has 4 N–H and O–H groups in total. The summed E-state index contributed by atoms with van der Waals surface area (Å²) in [6.45, 7) is 2.09. The van der Waals surface area contributed by atoms with Gasteiger partial charge in [0, 0.05) is 0 Å². The van der Waals surface area contributed by atoms with E-state index in [2.05, 4.69) is 26.2 Å². The Labute approximate surface area is 110 Å². The second-order valence-electron chi connectivity index (χ2n) is 4.77. The molecule has 0 bridgehead atoms. The molecule has 0 atom stereocenters. The highest BCUT2D eigenvalue weighted by molar-refractivity contribution is 9.10. The van der Waals surface area contributed by atoms with Crippen LogP contribution >= 0.6 is 15.9 Å². The molecule has 94 valence electrons. The zero-order chi connectivity index (χ0) is 12.5. The fraction of sp³-hybridized carbons (Fsp3) is 0.583. The molecule has 1 heterocycles. The number of anilines is 2. The summed E-state index contributed by atoms with van der Waals surface area (Å²) in [5.41, 5.74) is 7.24. The zero-order valence-corrected chi connectivity index (χ0v) is 11.5. The van der Waals surface area contributed by atoms with Gasteiger partial charge in [0.15, 0.2) is 0 Å². The van der Waals surface area contributed by atoms with Gasteiger partial charge in [0.05, 0.1) is 28.5 Å². The maximum absolute atomic E-state index is 9.56. The first-order valence-electron chi connectivity index (χ1n) is 5.88. The molecule has 0 aliphatic heterocycles. The fourth-order valence-electron chi connectivity index (χ4n) is 2.30. The number of nitrogens with one attached hydrogen (secondary N) is 1. The largest absolute Gasteiger partial charge is 0.397 e. The average molecular weight is 300 g/mol. The molecule has 0 saturated heterocycles. The highest BCUT2D eigenvalue weighted by atomic mass is 79.9. The normalized spacial score (nSPS) is 18.3. The van der Waals surface area contributed by atoms with Crippen molar-refractivity contribution in [3.8, 4) is 0 Å². The van der Waals surface area contributed by atoms with E-state index < -0.39 is 0 Å². The van der Waals surface area contributed by atoms with Crippen LogP contribution in [0.3, 0.4) is 0 Å². The van der Waals surface area contributed by atoms with Crippen LogP contribution in [0.5, 0.6) is 0 Å². The van der Waals surface area contributed by atoms with E-state index in [1.807, 2.05) is 6.92 Å². The lowest BCUT2D eigenvalue weighted by Crippen LogP contribution is -2.39. The molecule has 17 heavy (non-hydrogen) atoms. The second kappa shape index (κ2) is 4.82. The van der Waals surface area contributed by atoms with Crippen molar-refractivity contribution in [2.75, 3.05) is 17.7 Å². The van der Waals surface area contributed by atoms with Gasteiger partial charge in [-0.1, -0.05) is 12.8 Å². The molecule has 1 saturated carbocycles. The van der Waals surface area contributed by atoms with Gasteiger partial charge in [-0.3, -0.25) is 0 Å². The Morgan fingerprint density at radius 3 is 2.76 bits per heavy atom. The molecule has 1 aliphatic rings. The van der Waals surface area contributed by atoms with E-state index in [0.29, 0.717) is 5.69 Å². The van der Waals surface area contributed by atoms with Crippen LogP contribution in [-0.4, -0.2) is 22.2 Å². The lowest BCUT2D eigenvalue weighted by Gasteiger charge is -2.29. The Hall–Kier alpha value is -0.810. The number of nitrogens with zero attached hydrogens (tertiary/aromatic N) is 1. The number of pyridine rings is 1. The van der Waals surface area contributed by atoms with Crippen LogP contribution in [0, 0.1) is 6.92 Å². The van der Waals surface area contributed by atoms with E-state index in [4.69, 9.17) is 5.73 Å². The van der Waals surface area contributed by atoms with Crippen LogP contribution in [0.25, 0.3) is 0 Å². The van der Waals surface area contributed by atoms with Gasteiger partial charge in [-0.25, -0.2) is 4.98 Å². The Morgan fingerprint density at radius 2 is 2.18 bits per heavy atom. The number of nitrogens with two attached hydrogens (primary N) is 1. The summed E-state index contributed by atoms with van der Waals surface area (Å²) >= 11 is 3.51. The van der Waals surface area contributed by atoms with Crippen LogP contribution in [0.2, 0.25) is 0 Å². The summed E-state index contributed by atoms with van der Waals surface area (Å²) in [5.74, 6) is 0.771. The first kappa shape index (κ1) is 12.6. The SMILES string of the molecule is Cc1c(N)cnc(NC2(CO)CCCC2)c1Br. The van der Waals surface area contributed by atoms with E-state index >= 15 is 0 Å². The Balaban J connectivity index is 2.26. The first-order chi connectivity index (χ1) is 8.08. The number of aliphatic hydroxyl groups is 1. The quantitative estimate of drug-likeness (QED) is 0.802. The van der Waals surface area contributed by atoms with Crippen molar-refractivity contribution in [1.29, 1.82) is 0 Å². The average Bonchev–Trinajstić information content (AvgIpc) is 2.79. The van der Waals surface area contributed by atoms with Crippen LogP contribution in [0.4, 0.5) is 11.5 Å². The Morgan fingerprint density at radius 1 is 1.53 bits per heavy atom. The maximum Gasteiger partial charge on any atom is 0.141 e. The summed E-state index contributed by atoms with van der Waals surface area (Å²) in [5, 5.41) is 12.9. The smallest absolute Gasteiger partial charge is 0.141 e. The highest BCUT2D eigenvalue weighted by Gasteiger charge is 2.33. The highest BCUT2D eigenvalue weighted by Crippen LogP contribution is 2.35. The molecule has 1 aromatic heterocycles. The van der Waals surface area contributed by atoms with E-state index in [0.717, 1.165) is 41.5 Å². The molecule has 5 heteroatoms. The number of hydrogen-bond acceptors (Lipinski definition) is 4. The lowest BCUT2D eigenvalue weighted by atomic mass is 9.99. The summed E-state index contributed by atoms with van der Waals surface area (Å²) < 4.78 is 0.886. The third-order valence-electron chi connectivity index (χ3n) is 3.55. The topological polar surface area (TPSA) is 71.2 Å². The van der Waals surface area contributed by atoms with Gasteiger partial charge < -0.3 is 16.2 Å². The van der Waals surface area contributed by atoms with Gasteiger partial charge in [0.1, 0.15) is 5.82 Å². The summed E-state index contributed by atoms with van der Waals surface area (Å²) in [7, 11) is 0. The third-order valence-corrected chi connectivity index (χ3v) is 4.52. The standard InChI is InChI=1S/C12H18BrN3O/c1-8-9(14)6-15-11(10(8)13)16-12(7-17)4-2-3-5-12/h6,17H,2-5,7,14H2,1H3,(H,15,16). The van der Waals surface area contributed by atoms with Crippen LogP contribution in [0.1, 0.15) is 31.2 Å². The summed E-state index contributed by atoms with van der Waals surface area (Å²) in [6.07, 6.45) is 5.93. The van der Waals surface area contributed by atoms with E-state index in [9.17, 15) is 5.11 Å². The molecular weight excluding hydrogens is 282 g/mol. The van der Waals surface area contributed by atoms with Crippen LogP contribution < -0.4 is 11.1 Å². The van der Waals surface area contributed by atoms with Crippen molar-refractivity contribution < 1.29 is 5.11 Å².